The summed E-state index contributed by atoms with van der Waals surface area (Å²) in [5.74, 6) is -0.221. The molecule has 0 spiro atoms. The third-order valence-electron chi connectivity index (χ3n) is 7.55. The molecule has 7 nitrogen and oxygen atoms in total. The van der Waals surface area contributed by atoms with E-state index in [0.717, 1.165) is 63.1 Å². The number of nitriles is 1. The maximum atomic E-state index is 12.4. The molecule has 0 saturated carbocycles. The minimum atomic E-state index is -0.411. The third kappa shape index (κ3) is 4.42. The number of benzene rings is 1. The Kier molecular flexibility index (Phi) is 6.23. The van der Waals surface area contributed by atoms with Crippen molar-refractivity contribution in [3.8, 4) is 17.2 Å². The zero-order chi connectivity index (χ0) is 25.6. The molecule has 0 unspecified atom stereocenters. The summed E-state index contributed by atoms with van der Waals surface area (Å²) < 4.78 is 3.18. The molecule has 4 aromatic rings. The summed E-state index contributed by atoms with van der Waals surface area (Å²) in [4.78, 5) is 31.6. The van der Waals surface area contributed by atoms with E-state index in [4.69, 9.17) is 11.6 Å². The van der Waals surface area contributed by atoms with Crippen molar-refractivity contribution in [2.45, 2.75) is 45.2 Å². The molecule has 2 aliphatic rings. The molecular formula is C28H26ClN5O2S. The van der Waals surface area contributed by atoms with Crippen LogP contribution in [0.3, 0.4) is 0 Å². The van der Waals surface area contributed by atoms with Crippen LogP contribution < -0.4 is 5.32 Å². The fourth-order valence-electron chi connectivity index (χ4n) is 5.60. The predicted octanol–water partition coefficient (Wildman–Crippen LogP) is 5.50. The molecule has 1 aromatic carbocycles. The van der Waals surface area contributed by atoms with Crippen molar-refractivity contribution >= 4 is 55.9 Å². The molecule has 0 radical (unpaired) electrons. The number of amides is 2. The van der Waals surface area contributed by atoms with Gasteiger partial charge in [-0.25, -0.2) is 0 Å². The Bertz CT molecular complexity index is 1560. The number of fused-ring (bicyclic) bond motifs is 2. The number of thiophene rings is 1. The van der Waals surface area contributed by atoms with Crippen LogP contribution in [0.5, 0.6) is 0 Å². The number of nitrogens with zero attached hydrogens (tertiary/aromatic N) is 4. The SMILES string of the molecule is N#CC1(Cn2ccc3cc(Cl)cc(-c4ccnc5cc(CN6C(=O)CCCC6=O)sc45)c32)CCNCC1. The lowest BCUT2D eigenvalue weighted by Gasteiger charge is -2.32. The minimum absolute atomic E-state index is 0.111. The summed E-state index contributed by atoms with van der Waals surface area (Å²) >= 11 is 8.14. The van der Waals surface area contributed by atoms with Crippen LogP contribution in [0.15, 0.2) is 42.7 Å². The highest BCUT2D eigenvalue weighted by molar-refractivity contribution is 7.19. The van der Waals surface area contributed by atoms with Crippen LogP contribution in [0.4, 0.5) is 0 Å². The van der Waals surface area contributed by atoms with Crippen LogP contribution in [-0.2, 0) is 22.7 Å². The highest BCUT2D eigenvalue weighted by Gasteiger charge is 2.33. The fourth-order valence-corrected chi connectivity index (χ4v) is 6.95. The molecule has 9 heteroatoms. The lowest BCUT2D eigenvalue weighted by molar-refractivity contribution is -0.148. The van der Waals surface area contributed by atoms with E-state index in [1.165, 1.54) is 4.90 Å². The highest BCUT2D eigenvalue weighted by Crippen LogP contribution is 2.41. The maximum absolute atomic E-state index is 12.4. The van der Waals surface area contributed by atoms with E-state index in [1.54, 1.807) is 17.5 Å². The summed E-state index contributed by atoms with van der Waals surface area (Å²) in [6.07, 6.45) is 6.92. The van der Waals surface area contributed by atoms with Gasteiger partial charge in [0.15, 0.2) is 0 Å². The maximum Gasteiger partial charge on any atom is 0.229 e. The smallest absolute Gasteiger partial charge is 0.229 e. The first kappa shape index (κ1) is 24.1. The second-order valence-electron chi connectivity index (χ2n) is 9.99. The molecule has 0 atom stereocenters. The normalized spacial score (nSPS) is 18.0. The van der Waals surface area contributed by atoms with Gasteiger partial charge in [-0.05, 0) is 62.7 Å². The molecule has 2 amide bonds. The van der Waals surface area contributed by atoms with Crippen LogP contribution in [0.25, 0.3) is 32.2 Å². The van der Waals surface area contributed by atoms with E-state index in [1.807, 2.05) is 24.3 Å². The van der Waals surface area contributed by atoms with Gasteiger partial charge in [-0.2, -0.15) is 5.26 Å². The summed E-state index contributed by atoms with van der Waals surface area (Å²) in [7, 11) is 0. The average molecular weight is 532 g/mol. The van der Waals surface area contributed by atoms with Crippen LogP contribution in [0.2, 0.25) is 5.02 Å². The van der Waals surface area contributed by atoms with E-state index >= 15 is 0 Å². The number of imide groups is 1. The Labute approximate surface area is 223 Å². The van der Waals surface area contributed by atoms with Crippen LogP contribution in [-0.4, -0.2) is 39.4 Å². The van der Waals surface area contributed by atoms with E-state index in [2.05, 4.69) is 33.2 Å². The Morgan fingerprint density at radius 2 is 1.89 bits per heavy atom. The Morgan fingerprint density at radius 1 is 1.11 bits per heavy atom. The Balaban J connectivity index is 1.44. The van der Waals surface area contributed by atoms with Crippen LogP contribution in [0.1, 0.15) is 37.0 Å². The highest BCUT2D eigenvalue weighted by atomic mass is 35.5. The molecule has 188 valence electrons. The second kappa shape index (κ2) is 9.56. The molecule has 2 saturated heterocycles. The first-order valence-corrected chi connectivity index (χ1v) is 13.8. The lowest BCUT2D eigenvalue weighted by atomic mass is 9.80. The zero-order valence-electron chi connectivity index (χ0n) is 20.3. The Morgan fingerprint density at radius 3 is 2.65 bits per heavy atom. The summed E-state index contributed by atoms with van der Waals surface area (Å²) in [6, 6.07) is 12.6. The van der Waals surface area contributed by atoms with Gasteiger partial charge in [-0.15, -0.1) is 11.3 Å². The molecule has 6 rings (SSSR count). The van der Waals surface area contributed by atoms with E-state index in [9.17, 15) is 14.9 Å². The number of carbonyl (C=O) groups is 2. The number of nitrogens with one attached hydrogen (secondary N) is 1. The number of carbonyl (C=O) groups excluding carboxylic acids is 2. The van der Waals surface area contributed by atoms with Gasteiger partial charge in [0.25, 0.3) is 0 Å². The van der Waals surface area contributed by atoms with Crippen LogP contribution >= 0.6 is 22.9 Å². The standard InChI is InChI=1S/C28H26ClN5O2S/c29-19-12-18-5-11-33(17-28(16-30)6-9-31-10-7-28)26(18)22(13-19)21-4-8-32-23-14-20(37-27(21)23)15-34-24(35)2-1-3-25(34)36/h4-5,8,11-14,31H,1-3,6-7,9-10,15,17H2. The largest absolute Gasteiger partial charge is 0.345 e. The summed E-state index contributed by atoms with van der Waals surface area (Å²) in [6.45, 7) is 2.58. The van der Waals surface area contributed by atoms with Gasteiger partial charge >= 0.3 is 0 Å². The van der Waals surface area contributed by atoms with Crippen molar-refractivity contribution in [2.24, 2.45) is 5.41 Å². The monoisotopic (exact) mass is 531 g/mol. The first-order valence-electron chi connectivity index (χ1n) is 12.6. The van der Waals surface area contributed by atoms with Crippen molar-refractivity contribution < 1.29 is 9.59 Å². The van der Waals surface area contributed by atoms with Crippen molar-refractivity contribution in [1.82, 2.24) is 19.8 Å². The van der Waals surface area contributed by atoms with E-state index in [0.29, 0.717) is 30.8 Å². The summed E-state index contributed by atoms with van der Waals surface area (Å²) in [5.41, 5.74) is 3.45. The van der Waals surface area contributed by atoms with Gasteiger partial charge in [0, 0.05) is 58.2 Å². The van der Waals surface area contributed by atoms with Gasteiger partial charge in [-0.1, -0.05) is 11.6 Å². The molecule has 37 heavy (non-hydrogen) atoms. The summed E-state index contributed by atoms with van der Waals surface area (Å²) in [5, 5.41) is 15.1. The lowest BCUT2D eigenvalue weighted by Crippen LogP contribution is -2.39. The van der Waals surface area contributed by atoms with Crippen molar-refractivity contribution in [1.29, 1.82) is 5.26 Å². The topological polar surface area (TPSA) is 91.0 Å². The van der Waals surface area contributed by atoms with E-state index in [-0.39, 0.29) is 18.4 Å². The van der Waals surface area contributed by atoms with Crippen molar-refractivity contribution in [3.63, 3.8) is 0 Å². The molecule has 2 fully saturated rings. The zero-order valence-corrected chi connectivity index (χ0v) is 21.9. The van der Waals surface area contributed by atoms with E-state index < -0.39 is 5.41 Å². The van der Waals surface area contributed by atoms with Crippen molar-refractivity contribution in [3.05, 3.63) is 52.6 Å². The number of hydrogen-bond donors (Lipinski definition) is 1. The Hall–Kier alpha value is -3.25. The molecule has 5 heterocycles. The number of rotatable bonds is 5. The predicted molar refractivity (Wildman–Crippen MR) is 145 cm³/mol. The number of halogens is 1. The number of pyridine rings is 1. The number of likely N-dealkylation sites (tertiary alicyclic amines) is 1. The second-order valence-corrected chi connectivity index (χ2v) is 11.6. The van der Waals surface area contributed by atoms with Gasteiger partial charge in [0.05, 0.1) is 33.8 Å². The van der Waals surface area contributed by atoms with Gasteiger partial charge in [0.2, 0.25) is 11.8 Å². The average Bonchev–Trinajstić information content (AvgIpc) is 3.50. The quantitative estimate of drug-likeness (QED) is 0.343. The van der Waals surface area contributed by atoms with Gasteiger partial charge < -0.3 is 9.88 Å². The van der Waals surface area contributed by atoms with Gasteiger partial charge in [0.1, 0.15) is 0 Å². The fraction of sp³-hybridized carbons (Fsp3) is 0.357. The van der Waals surface area contributed by atoms with Crippen molar-refractivity contribution in [2.75, 3.05) is 13.1 Å². The molecule has 1 N–H and O–H groups in total. The van der Waals surface area contributed by atoms with Crippen LogP contribution in [0, 0.1) is 16.7 Å². The molecular weight excluding hydrogens is 506 g/mol. The molecule has 0 aliphatic carbocycles. The van der Waals surface area contributed by atoms with Gasteiger partial charge in [-0.3, -0.25) is 19.5 Å². The third-order valence-corrected chi connectivity index (χ3v) is 8.91. The number of hydrogen-bond acceptors (Lipinski definition) is 6. The number of piperidine rings is 2. The molecule has 0 bridgehead atoms. The number of aromatic nitrogens is 2. The molecule has 3 aromatic heterocycles. The minimum Gasteiger partial charge on any atom is -0.345 e. The molecule has 2 aliphatic heterocycles. The first-order chi connectivity index (χ1) is 18.0.